The topological polar surface area (TPSA) is 53.6 Å². The zero-order valence-electron chi connectivity index (χ0n) is 8.13. The molecule has 0 aliphatic carbocycles. The van der Waals surface area contributed by atoms with E-state index in [1.807, 2.05) is 7.05 Å². The molecular formula is C10H9ClN4. The lowest BCUT2D eigenvalue weighted by molar-refractivity contribution is 0.938. The summed E-state index contributed by atoms with van der Waals surface area (Å²) in [6.45, 7) is 0.644. The Morgan fingerprint density at radius 1 is 1.53 bits per heavy atom. The third kappa shape index (κ3) is 1.94. The van der Waals surface area contributed by atoms with Gasteiger partial charge in [-0.05, 0) is 7.05 Å². The maximum Gasteiger partial charge on any atom is 0.156 e. The second kappa shape index (κ2) is 4.30. The summed E-state index contributed by atoms with van der Waals surface area (Å²) in [6.07, 6.45) is 3.22. The molecule has 76 valence electrons. The normalized spacial score (nSPS) is 10.0. The standard InChI is InChI=1S/C10H9ClN4/c1-12-4-2-3-7-5-13-9-8(7)14-6-15-10(9)11/h5-6,12-13H,4H2,1H3. The molecule has 4 nitrogen and oxygen atoms in total. The lowest BCUT2D eigenvalue weighted by Gasteiger charge is -1.90. The van der Waals surface area contributed by atoms with Crippen LogP contribution in [0.2, 0.25) is 5.15 Å². The lowest BCUT2D eigenvalue weighted by atomic mass is 10.3. The van der Waals surface area contributed by atoms with Crippen molar-refractivity contribution in [2.45, 2.75) is 0 Å². The van der Waals surface area contributed by atoms with Gasteiger partial charge in [-0.2, -0.15) is 0 Å². The minimum atomic E-state index is 0.418. The number of fused-ring (bicyclic) bond motifs is 1. The van der Waals surface area contributed by atoms with Crippen LogP contribution in [-0.4, -0.2) is 28.5 Å². The van der Waals surface area contributed by atoms with Gasteiger partial charge in [-0.1, -0.05) is 23.4 Å². The summed E-state index contributed by atoms with van der Waals surface area (Å²) in [6, 6.07) is 0. The Hall–Kier alpha value is -1.57. The number of rotatable bonds is 1. The quantitative estimate of drug-likeness (QED) is 0.561. The number of nitrogens with zero attached hydrogens (tertiary/aromatic N) is 2. The van der Waals surface area contributed by atoms with Gasteiger partial charge in [0.1, 0.15) is 17.4 Å². The zero-order valence-corrected chi connectivity index (χ0v) is 8.89. The van der Waals surface area contributed by atoms with Crippen molar-refractivity contribution in [3.8, 4) is 11.8 Å². The summed E-state index contributed by atoms with van der Waals surface area (Å²) in [5.41, 5.74) is 2.33. The smallest absolute Gasteiger partial charge is 0.156 e. The number of hydrogen-bond donors (Lipinski definition) is 2. The highest BCUT2D eigenvalue weighted by Gasteiger charge is 2.05. The molecule has 0 aromatic carbocycles. The number of nitrogens with one attached hydrogen (secondary N) is 2. The fourth-order valence-electron chi connectivity index (χ4n) is 1.23. The number of aromatic nitrogens is 3. The van der Waals surface area contributed by atoms with Gasteiger partial charge in [0.25, 0.3) is 0 Å². The Balaban J connectivity index is 2.47. The van der Waals surface area contributed by atoms with Gasteiger partial charge in [-0.3, -0.25) is 0 Å². The van der Waals surface area contributed by atoms with Crippen LogP contribution in [0.3, 0.4) is 0 Å². The van der Waals surface area contributed by atoms with Gasteiger partial charge in [0.2, 0.25) is 0 Å². The van der Waals surface area contributed by atoms with E-state index in [1.54, 1.807) is 6.20 Å². The van der Waals surface area contributed by atoms with Crippen LogP contribution in [0.4, 0.5) is 0 Å². The summed E-state index contributed by atoms with van der Waals surface area (Å²) in [4.78, 5) is 11.0. The first kappa shape index (κ1) is 9.97. The third-order valence-corrected chi connectivity index (χ3v) is 2.19. The highest BCUT2D eigenvalue weighted by Crippen LogP contribution is 2.19. The van der Waals surface area contributed by atoms with Crippen LogP contribution < -0.4 is 5.32 Å². The van der Waals surface area contributed by atoms with E-state index in [9.17, 15) is 0 Å². The van der Waals surface area contributed by atoms with Gasteiger partial charge in [-0.15, -0.1) is 0 Å². The van der Waals surface area contributed by atoms with Gasteiger partial charge in [0.15, 0.2) is 5.15 Å². The van der Waals surface area contributed by atoms with Crippen LogP contribution in [0.1, 0.15) is 5.56 Å². The van der Waals surface area contributed by atoms with Crippen LogP contribution >= 0.6 is 11.6 Å². The van der Waals surface area contributed by atoms with Crippen LogP contribution in [0.5, 0.6) is 0 Å². The predicted molar refractivity (Wildman–Crippen MR) is 59.7 cm³/mol. The van der Waals surface area contributed by atoms with Crippen LogP contribution in [0.25, 0.3) is 11.0 Å². The Morgan fingerprint density at radius 2 is 2.40 bits per heavy atom. The largest absolute Gasteiger partial charge is 0.356 e. The van der Waals surface area contributed by atoms with Gasteiger partial charge in [-0.25, -0.2) is 9.97 Å². The number of hydrogen-bond acceptors (Lipinski definition) is 3. The average Bonchev–Trinajstić information content (AvgIpc) is 2.64. The molecule has 2 aromatic rings. The summed E-state index contributed by atoms with van der Waals surface area (Å²) < 4.78 is 0. The van der Waals surface area contributed by atoms with Crippen molar-refractivity contribution >= 4 is 22.6 Å². The van der Waals surface area contributed by atoms with Crippen molar-refractivity contribution in [1.82, 2.24) is 20.3 Å². The molecule has 0 atom stereocenters. The summed E-state index contributed by atoms with van der Waals surface area (Å²) >= 11 is 5.89. The van der Waals surface area contributed by atoms with E-state index in [-0.39, 0.29) is 0 Å². The second-order valence-electron chi connectivity index (χ2n) is 2.92. The maximum atomic E-state index is 5.89. The molecule has 0 bridgehead atoms. The fraction of sp³-hybridized carbons (Fsp3) is 0.200. The maximum absolute atomic E-state index is 5.89. The van der Waals surface area contributed by atoms with Gasteiger partial charge < -0.3 is 10.3 Å². The SMILES string of the molecule is CNCC#Cc1c[nH]c2c(Cl)ncnc12. The molecule has 2 aromatic heterocycles. The molecular weight excluding hydrogens is 212 g/mol. The first-order valence-corrected chi connectivity index (χ1v) is 4.82. The molecule has 0 saturated heterocycles. The Kier molecular flexibility index (Phi) is 2.86. The molecule has 15 heavy (non-hydrogen) atoms. The molecule has 0 amide bonds. The molecule has 2 rings (SSSR count). The van der Waals surface area contributed by atoms with E-state index in [0.717, 1.165) is 16.6 Å². The highest BCUT2D eigenvalue weighted by molar-refractivity contribution is 6.33. The summed E-state index contributed by atoms with van der Waals surface area (Å²) in [7, 11) is 1.85. The average molecular weight is 221 g/mol. The van der Waals surface area contributed by atoms with Crippen molar-refractivity contribution in [1.29, 1.82) is 0 Å². The second-order valence-corrected chi connectivity index (χ2v) is 3.28. The number of halogens is 1. The van der Waals surface area contributed by atoms with Gasteiger partial charge in [0.05, 0.1) is 12.1 Å². The van der Waals surface area contributed by atoms with Gasteiger partial charge in [0, 0.05) is 6.20 Å². The number of aromatic amines is 1. The molecule has 0 spiro atoms. The number of H-pyrrole nitrogens is 1. The van der Waals surface area contributed by atoms with E-state index in [0.29, 0.717) is 11.7 Å². The molecule has 0 fully saturated rings. The molecule has 0 saturated carbocycles. The summed E-state index contributed by atoms with van der Waals surface area (Å²) in [5, 5.41) is 3.37. The van der Waals surface area contributed by atoms with E-state index < -0.39 is 0 Å². The van der Waals surface area contributed by atoms with E-state index in [4.69, 9.17) is 11.6 Å². The molecule has 0 aliphatic rings. The first-order chi connectivity index (χ1) is 7.33. The van der Waals surface area contributed by atoms with Crippen molar-refractivity contribution in [3.05, 3.63) is 23.2 Å². The van der Waals surface area contributed by atoms with E-state index >= 15 is 0 Å². The van der Waals surface area contributed by atoms with Gasteiger partial charge >= 0.3 is 0 Å². The summed E-state index contributed by atoms with van der Waals surface area (Å²) in [5.74, 6) is 5.97. The minimum Gasteiger partial charge on any atom is -0.356 e. The Morgan fingerprint density at radius 3 is 3.20 bits per heavy atom. The molecule has 5 heteroatoms. The zero-order chi connectivity index (χ0) is 10.7. The van der Waals surface area contributed by atoms with Crippen LogP contribution in [-0.2, 0) is 0 Å². The lowest BCUT2D eigenvalue weighted by Crippen LogP contribution is -2.04. The van der Waals surface area contributed by atoms with Crippen LogP contribution in [0, 0.1) is 11.8 Å². The molecule has 2 N–H and O–H groups in total. The predicted octanol–water partition coefficient (Wildman–Crippen LogP) is 1.18. The Labute approximate surface area is 92.1 Å². The third-order valence-electron chi connectivity index (χ3n) is 1.91. The molecule has 0 radical (unpaired) electrons. The molecule has 2 heterocycles. The first-order valence-electron chi connectivity index (χ1n) is 4.44. The van der Waals surface area contributed by atoms with Crippen molar-refractivity contribution < 1.29 is 0 Å². The molecule has 0 unspecified atom stereocenters. The highest BCUT2D eigenvalue weighted by atomic mass is 35.5. The van der Waals surface area contributed by atoms with Crippen molar-refractivity contribution in [3.63, 3.8) is 0 Å². The minimum absolute atomic E-state index is 0.418. The fourth-order valence-corrected chi connectivity index (χ4v) is 1.42. The monoisotopic (exact) mass is 220 g/mol. The van der Waals surface area contributed by atoms with Crippen molar-refractivity contribution in [2.75, 3.05) is 13.6 Å². The van der Waals surface area contributed by atoms with E-state index in [2.05, 4.69) is 32.1 Å². The van der Waals surface area contributed by atoms with E-state index in [1.165, 1.54) is 6.33 Å². The van der Waals surface area contributed by atoms with Crippen molar-refractivity contribution in [2.24, 2.45) is 0 Å². The van der Waals surface area contributed by atoms with Crippen LogP contribution in [0.15, 0.2) is 12.5 Å². The Bertz CT molecular complexity index is 535. The molecule has 0 aliphatic heterocycles.